The van der Waals surface area contributed by atoms with Gasteiger partial charge in [0.25, 0.3) is 0 Å². The number of hydrogen-bond acceptors (Lipinski definition) is 5. The Kier molecular flexibility index (Phi) is 4.80. The highest BCUT2D eigenvalue weighted by Crippen LogP contribution is 2.27. The number of rotatable bonds is 4. The quantitative estimate of drug-likeness (QED) is 0.935. The number of piperidine rings is 1. The molecule has 1 aromatic heterocycles. The zero-order valence-electron chi connectivity index (χ0n) is 13.7. The summed E-state index contributed by atoms with van der Waals surface area (Å²) < 4.78 is 5.30. The van der Waals surface area contributed by atoms with E-state index in [-0.39, 0.29) is 18.4 Å². The number of carbonyl (C=O) groups is 1. The van der Waals surface area contributed by atoms with Gasteiger partial charge in [0.15, 0.2) is 0 Å². The normalized spacial score (nSPS) is 17.3. The summed E-state index contributed by atoms with van der Waals surface area (Å²) in [6.45, 7) is 1.32. The van der Waals surface area contributed by atoms with Crippen molar-refractivity contribution in [2.24, 2.45) is 0 Å². The van der Waals surface area contributed by atoms with E-state index in [4.69, 9.17) is 10.00 Å². The summed E-state index contributed by atoms with van der Waals surface area (Å²) in [5, 5.41) is 14.2. The van der Waals surface area contributed by atoms with E-state index in [9.17, 15) is 4.79 Å². The predicted molar refractivity (Wildman–Crippen MR) is 91.7 cm³/mol. The molecule has 0 radical (unpaired) electrons. The molecule has 1 aliphatic heterocycles. The van der Waals surface area contributed by atoms with Crippen molar-refractivity contribution in [1.29, 1.82) is 5.26 Å². The molecule has 0 bridgehead atoms. The number of amides is 1. The van der Waals surface area contributed by atoms with Crippen molar-refractivity contribution in [3.05, 3.63) is 30.5 Å². The Bertz CT molecular complexity index is 784. The molecule has 2 aromatic rings. The Morgan fingerprint density at radius 2 is 2.38 bits per heavy atom. The molecule has 1 atom stereocenters. The second-order valence-corrected chi connectivity index (χ2v) is 5.90. The summed E-state index contributed by atoms with van der Waals surface area (Å²) in [5.74, 6) is 1.48. The Labute approximate surface area is 141 Å². The molecule has 0 aliphatic carbocycles. The van der Waals surface area contributed by atoms with Gasteiger partial charge in [0, 0.05) is 30.7 Å². The molecule has 6 nitrogen and oxygen atoms in total. The van der Waals surface area contributed by atoms with Crippen LogP contribution in [0.4, 0.5) is 5.82 Å². The van der Waals surface area contributed by atoms with E-state index in [0.29, 0.717) is 6.54 Å². The second kappa shape index (κ2) is 7.18. The van der Waals surface area contributed by atoms with Gasteiger partial charge < -0.3 is 15.0 Å². The number of nitrogens with one attached hydrogen (secondary N) is 1. The molecule has 1 aliphatic rings. The summed E-state index contributed by atoms with van der Waals surface area (Å²) in [5.41, 5.74) is 0. The van der Waals surface area contributed by atoms with Crippen molar-refractivity contribution >= 4 is 22.5 Å². The van der Waals surface area contributed by atoms with Crippen LogP contribution in [0.5, 0.6) is 5.75 Å². The van der Waals surface area contributed by atoms with Crippen molar-refractivity contribution in [3.63, 3.8) is 0 Å². The highest BCUT2D eigenvalue weighted by Gasteiger charge is 2.23. The molecule has 0 saturated carbocycles. The average Bonchev–Trinajstić information content (AvgIpc) is 2.62. The molecule has 1 N–H and O–H groups in total. The molecular weight excluding hydrogens is 304 g/mol. The Hall–Kier alpha value is -2.81. The van der Waals surface area contributed by atoms with Gasteiger partial charge in [-0.25, -0.2) is 4.98 Å². The van der Waals surface area contributed by atoms with Crippen molar-refractivity contribution in [3.8, 4) is 11.8 Å². The van der Waals surface area contributed by atoms with Crippen molar-refractivity contribution in [2.75, 3.05) is 25.5 Å². The summed E-state index contributed by atoms with van der Waals surface area (Å²) in [7, 11) is 1.64. The fraction of sp³-hybridized carbons (Fsp3) is 0.389. The van der Waals surface area contributed by atoms with Gasteiger partial charge in [0.1, 0.15) is 18.0 Å². The first-order valence-corrected chi connectivity index (χ1v) is 8.05. The lowest BCUT2D eigenvalue weighted by atomic mass is 10.0. The van der Waals surface area contributed by atoms with Crippen LogP contribution in [0.3, 0.4) is 0 Å². The Morgan fingerprint density at radius 1 is 1.50 bits per heavy atom. The molecule has 0 unspecified atom stereocenters. The van der Waals surface area contributed by atoms with E-state index < -0.39 is 0 Å². The lowest BCUT2D eigenvalue weighted by Crippen LogP contribution is -2.45. The van der Waals surface area contributed by atoms with Crippen LogP contribution >= 0.6 is 0 Å². The smallest absolute Gasteiger partial charge is 0.236 e. The first-order valence-electron chi connectivity index (χ1n) is 8.05. The van der Waals surface area contributed by atoms with Crippen LogP contribution in [0.1, 0.15) is 19.3 Å². The van der Waals surface area contributed by atoms with Crippen LogP contribution < -0.4 is 10.1 Å². The number of nitriles is 1. The minimum absolute atomic E-state index is 0.0591. The van der Waals surface area contributed by atoms with Gasteiger partial charge in [-0.15, -0.1) is 0 Å². The first-order chi connectivity index (χ1) is 11.7. The predicted octanol–water partition coefficient (Wildman–Crippen LogP) is 2.56. The summed E-state index contributed by atoms with van der Waals surface area (Å²) in [6, 6.07) is 9.92. The number of methoxy groups -OCH3 is 1. The molecule has 6 heteroatoms. The molecule has 1 fully saturated rings. The molecule has 24 heavy (non-hydrogen) atoms. The number of anilines is 1. The van der Waals surface area contributed by atoms with Gasteiger partial charge in [-0.2, -0.15) is 5.26 Å². The zero-order valence-corrected chi connectivity index (χ0v) is 13.7. The van der Waals surface area contributed by atoms with Crippen molar-refractivity contribution < 1.29 is 9.53 Å². The zero-order chi connectivity index (χ0) is 16.9. The fourth-order valence-corrected chi connectivity index (χ4v) is 3.08. The number of fused-ring (bicyclic) bond motifs is 1. The molecule has 1 aromatic carbocycles. The number of carbonyl (C=O) groups excluding carboxylic acids is 1. The van der Waals surface area contributed by atoms with Gasteiger partial charge in [-0.3, -0.25) is 4.79 Å². The first kappa shape index (κ1) is 16.1. The minimum atomic E-state index is -0.100. The Morgan fingerprint density at radius 3 is 3.17 bits per heavy atom. The van der Waals surface area contributed by atoms with E-state index in [2.05, 4.69) is 10.3 Å². The standard InChI is InChI=1S/C18H20N4O2/c1-24-15-5-4-13-7-9-20-18(16(13)11-15)21-14-3-2-10-22(12-14)17(23)6-8-19/h4-5,7,9,11,14H,2-3,6,10,12H2,1H3,(H,20,21)/t14-/m1/s1. The molecule has 1 amide bonds. The maximum atomic E-state index is 11.9. The number of hydrogen-bond donors (Lipinski definition) is 1. The minimum Gasteiger partial charge on any atom is -0.497 e. The van der Waals surface area contributed by atoms with Crippen LogP contribution in [-0.2, 0) is 4.79 Å². The molecule has 2 heterocycles. The molecular formula is C18H20N4O2. The lowest BCUT2D eigenvalue weighted by Gasteiger charge is -2.33. The fourth-order valence-electron chi connectivity index (χ4n) is 3.08. The molecule has 0 spiro atoms. The third-order valence-corrected chi connectivity index (χ3v) is 4.32. The van der Waals surface area contributed by atoms with Crippen LogP contribution in [0.25, 0.3) is 10.8 Å². The number of nitrogens with zero attached hydrogens (tertiary/aromatic N) is 3. The van der Waals surface area contributed by atoms with Gasteiger partial charge in [-0.1, -0.05) is 6.07 Å². The summed E-state index contributed by atoms with van der Waals surface area (Å²) in [4.78, 5) is 18.2. The number of benzene rings is 1. The molecule has 1 saturated heterocycles. The summed E-state index contributed by atoms with van der Waals surface area (Å²) in [6.07, 6.45) is 3.61. The van der Waals surface area contributed by atoms with Gasteiger partial charge in [0.2, 0.25) is 5.91 Å². The highest BCUT2D eigenvalue weighted by molar-refractivity contribution is 5.92. The number of ether oxygens (including phenoxy) is 1. The largest absolute Gasteiger partial charge is 0.497 e. The average molecular weight is 324 g/mol. The van der Waals surface area contributed by atoms with Gasteiger partial charge >= 0.3 is 0 Å². The number of pyridine rings is 1. The molecule has 124 valence electrons. The number of aromatic nitrogens is 1. The van der Waals surface area contributed by atoms with E-state index in [1.165, 1.54) is 0 Å². The van der Waals surface area contributed by atoms with Gasteiger partial charge in [-0.05, 0) is 36.4 Å². The van der Waals surface area contributed by atoms with Crippen molar-refractivity contribution in [2.45, 2.75) is 25.3 Å². The van der Waals surface area contributed by atoms with E-state index in [1.54, 1.807) is 18.2 Å². The third kappa shape index (κ3) is 3.40. The third-order valence-electron chi connectivity index (χ3n) is 4.32. The lowest BCUT2D eigenvalue weighted by molar-refractivity contribution is -0.131. The van der Waals surface area contributed by atoms with E-state index in [0.717, 1.165) is 41.7 Å². The van der Waals surface area contributed by atoms with Gasteiger partial charge in [0.05, 0.1) is 13.2 Å². The van der Waals surface area contributed by atoms with Crippen LogP contribution in [0.15, 0.2) is 30.5 Å². The van der Waals surface area contributed by atoms with Crippen LogP contribution in [0, 0.1) is 11.3 Å². The second-order valence-electron chi connectivity index (χ2n) is 5.90. The maximum absolute atomic E-state index is 11.9. The highest BCUT2D eigenvalue weighted by atomic mass is 16.5. The SMILES string of the molecule is COc1ccc2ccnc(N[C@@H]3CCCN(C(=O)CC#N)C3)c2c1. The van der Waals surface area contributed by atoms with Crippen LogP contribution in [0.2, 0.25) is 0 Å². The summed E-state index contributed by atoms with van der Waals surface area (Å²) >= 11 is 0. The Balaban J connectivity index is 1.79. The van der Waals surface area contributed by atoms with Crippen LogP contribution in [-0.4, -0.2) is 42.0 Å². The van der Waals surface area contributed by atoms with E-state index >= 15 is 0 Å². The monoisotopic (exact) mass is 324 g/mol. The maximum Gasteiger partial charge on any atom is 0.236 e. The van der Waals surface area contributed by atoms with E-state index in [1.807, 2.05) is 30.3 Å². The molecule has 3 rings (SSSR count). The van der Waals surface area contributed by atoms with Crippen molar-refractivity contribution in [1.82, 2.24) is 9.88 Å². The number of likely N-dealkylation sites (tertiary alicyclic amines) is 1. The topological polar surface area (TPSA) is 78.2 Å².